The van der Waals surface area contributed by atoms with E-state index in [-0.39, 0.29) is 23.8 Å². The number of hydrogen-bond acceptors (Lipinski definition) is 3. The molecule has 0 aliphatic carbocycles. The monoisotopic (exact) mass is 343 g/mol. The molecule has 0 spiro atoms. The SMILES string of the molecule is CCCN1C(=O)[C@@H]2CC[C@H]1CN(C(=O)Cc1ccc(N(C)C)cc1)C2. The lowest BCUT2D eigenvalue weighted by molar-refractivity contribution is -0.139. The molecule has 25 heavy (non-hydrogen) atoms. The summed E-state index contributed by atoms with van der Waals surface area (Å²) in [5, 5.41) is 0. The van der Waals surface area contributed by atoms with Crippen LogP contribution < -0.4 is 4.90 Å². The first kappa shape index (κ1) is 17.8. The van der Waals surface area contributed by atoms with Gasteiger partial charge in [-0.3, -0.25) is 9.59 Å². The highest BCUT2D eigenvalue weighted by atomic mass is 16.2. The van der Waals surface area contributed by atoms with Crippen LogP contribution in [-0.2, 0) is 16.0 Å². The van der Waals surface area contributed by atoms with Gasteiger partial charge in [0.15, 0.2) is 0 Å². The number of carbonyl (C=O) groups is 2. The quantitative estimate of drug-likeness (QED) is 0.823. The first-order chi connectivity index (χ1) is 12.0. The molecule has 2 bridgehead atoms. The van der Waals surface area contributed by atoms with E-state index in [1.165, 1.54) is 0 Å². The Hall–Kier alpha value is -2.04. The molecule has 0 aromatic heterocycles. The molecule has 5 nitrogen and oxygen atoms in total. The zero-order chi connectivity index (χ0) is 18.0. The van der Waals surface area contributed by atoms with Crippen LogP contribution in [0.5, 0.6) is 0 Å². The van der Waals surface area contributed by atoms with Crippen molar-refractivity contribution in [3.05, 3.63) is 29.8 Å². The Morgan fingerprint density at radius 2 is 1.88 bits per heavy atom. The minimum absolute atomic E-state index is 0.00892. The molecule has 3 heterocycles. The molecule has 2 atom stereocenters. The number of benzene rings is 1. The summed E-state index contributed by atoms with van der Waals surface area (Å²) in [4.78, 5) is 31.4. The van der Waals surface area contributed by atoms with Crippen molar-refractivity contribution >= 4 is 17.5 Å². The van der Waals surface area contributed by atoms with Gasteiger partial charge in [-0.2, -0.15) is 0 Å². The maximum Gasteiger partial charge on any atom is 0.227 e. The van der Waals surface area contributed by atoms with Crippen molar-refractivity contribution in [1.82, 2.24) is 9.80 Å². The number of rotatable bonds is 5. The molecule has 1 aromatic rings. The number of nitrogens with zero attached hydrogens (tertiary/aromatic N) is 3. The number of hydrogen-bond donors (Lipinski definition) is 0. The van der Waals surface area contributed by atoms with E-state index in [2.05, 4.69) is 6.92 Å². The van der Waals surface area contributed by atoms with Crippen molar-refractivity contribution in [3.63, 3.8) is 0 Å². The molecule has 0 N–H and O–H groups in total. The molecule has 0 radical (unpaired) electrons. The normalized spacial score (nSPS) is 22.9. The van der Waals surface area contributed by atoms with Gasteiger partial charge in [-0.25, -0.2) is 0 Å². The fraction of sp³-hybridized carbons (Fsp3) is 0.600. The molecule has 3 aliphatic heterocycles. The first-order valence-corrected chi connectivity index (χ1v) is 9.34. The first-order valence-electron chi connectivity index (χ1n) is 9.34. The molecule has 5 heteroatoms. The summed E-state index contributed by atoms with van der Waals surface area (Å²) >= 11 is 0. The molecule has 136 valence electrons. The lowest BCUT2D eigenvalue weighted by Gasteiger charge is -2.35. The van der Waals surface area contributed by atoms with Crippen LogP contribution in [0, 0.1) is 5.92 Å². The highest BCUT2D eigenvalue weighted by Gasteiger charge is 2.41. The van der Waals surface area contributed by atoms with Crippen LogP contribution in [0.2, 0.25) is 0 Å². The Labute approximate surface area is 150 Å². The Morgan fingerprint density at radius 1 is 1.16 bits per heavy atom. The Balaban J connectivity index is 1.67. The van der Waals surface area contributed by atoms with Gasteiger partial charge in [0.2, 0.25) is 11.8 Å². The zero-order valence-electron chi connectivity index (χ0n) is 15.6. The van der Waals surface area contributed by atoms with Gasteiger partial charge >= 0.3 is 0 Å². The van der Waals surface area contributed by atoms with Crippen LogP contribution in [0.4, 0.5) is 5.69 Å². The van der Waals surface area contributed by atoms with E-state index < -0.39 is 0 Å². The van der Waals surface area contributed by atoms with Gasteiger partial charge in [-0.05, 0) is 37.0 Å². The van der Waals surface area contributed by atoms with Crippen LogP contribution in [0.3, 0.4) is 0 Å². The second-order valence-electron chi connectivity index (χ2n) is 7.50. The summed E-state index contributed by atoms with van der Waals surface area (Å²) < 4.78 is 0. The molecular formula is C20H29N3O2. The van der Waals surface area contributed by atoms with Crippen molar-refractivity contribution in [2.45, 2.75) is 38.6 Å². The van der Waals surface area contributed by atoms with Crippen molar-refractivity contribution in [2.75, 3.05) is 38.6 Å². The summed E-state index contributed by atoms with van der Waals surface area (Å²) in [5.41, 5.74) is 2.16. The van der Waals surface area contributed by atoms with E-state index in [9.17, 15) is 9.59 Å². The van der Waals surface area contributed by atoms with Crippen molar-refractivity contribution in [2.24, 2.45) is 5.92 Å². The third-order valence-electron chi connectivity index (χ3n) is 5.42. The van der Waals surface area contributed by atoms with Gasteiger partial charge in [-0.15, -0.1) is 0 Å². The third kappa shape index (κ3) is 3.80. The minimum Gasteiger partial charge on any atom is -0.378 e. The maximum atomic E-state index is 12.8. The number of piperidine rings is 1. The molecule has 3 fully saturated rings. The Morgan fingerprint density at radius 3 is 2.52 bits per heavy atom. The molecule has 4 rings (SSSR count). The Kier molecular flexibility index (Phi) is 5.30. The van der Waals surface area contributed by atoms with Crippen molar-refractivity contribution in [1.29, 1.82) is 0 Å². The number of fused-ring (bicyclic) bond motifs is 4. The van der Waals surface area contributed by atoms with Crippen molar-refractivity contribution in [3.8, 4) is 0 Å². The highest BCUT2D eigenvalue weighted by molar-refractivity contribution is 5.84. The summed E-state index contributed by atoms with van der Waals surface area (Å²) in [6, 6.07) is 8.33. The highest BCUT2D eigenvalue weighted by Crippen LogP contribution is 2.29. The van der Waals surface area contributed by atoms with Gasteiger partial charge in [-0.1, -0.05) is 19.1 Å². The molecule has 2 amide bonds. The maximum absolute atomic E-state index is 12.8. The van der Waals surface area contributed by atoms with Gasteiger partial charge in [0.25, 0.3) is 0 Å². The van der Waals surface area contributed by atoms with E-state index in [0.29, 0.717) is 19.5 Å². The fourth-order valence-electron chi connectivity index (χ4n) is 3.98. The van der Waals surface area contributed by atoms with E-state index in [1.54, 1.807) is 0 Å². The number of carbonyl (C=O) groups excluding carboxylic acids is 2. The van der Waals surface area contributed by atoms with Gasteiger partial charge in [0.1, 0.15) is 0 Å². The number of anilines is 1. The van der Waals surface area contributed by atoms with Crippen LogP contribution in [0.1, 0.15) is 31.7 Å². The lowest BCUT2D eigenvalue weighted by Crippen LogP contribution is -2.48. The fourth-order valence-corrected chi connectivity index (χ4v) is 3.98. The Bertz CT molecular complexity index is 626. The van der Waals surface area contributed by atoms with Crippen molar-refractivity contribution < 1.29 is 9.59 Å². The predicted molar refractivity (Wildman–Crippen MR) is 99.6 cm³/mol. The molecule has 3 saturated heterocycles. The van der Waals surface area contributed by atoms with E-state index >= 15 is 0 Å². The van der Waals surface area contributed by atoms with Gasteiger partial charge in [0.05, 0.1) is 12.3 Å². The summed E-state index contributed by atoms with van der Waals surface area (Å²) in [6.45, 7) is 4.20. The molecule has 1 aromatic carbocycles. The topological polar surface area (TPSA) is 43.9 Å². The lowest BCUT2D eigenvalue weighted by atomic mass is 9.94. The molecular weight excluding hydrogens is 314 g/mol. The molecule has 0 saturated carbocycles. The van der Waals surface area contributed by atoms with Gasteiger partial charge < -0.3 is 14.7 Å². The minimum atomic E-state index is -0.00892. The smallest absolute Gasteiger partial charge is 0.227 e. The van der Waals surface area contributed by atoms with Crippen LogP contribution in [0.25, 0.3) is 0 Å². The second-order valence-corrected chi connectivity index (χ2v) is 7.50. The predicted octanol–water partition coefficient (Wildman–Crippen LogP) is 2.15. The average Bonchev–Trinajstić information content (AvgIpc) is 2.88. The van der Waals surface area contributed by atoms with E-state index in [0.717, 1.165) is 37.1 Å². The largest absolute Gasteiger partial charge is 0.378 e. The molecule has 0 unspecified atom stereocenters. The van der Waals surface area contributed by atoms with Crippen LogP contribution in [-0.4, -0.2) is 61.4 Å². The van der Waals surface area contributed by atoms with Crippen LogP contribution >= 0.6 is 0 Å². The summed E-state index contributed by atoms with van der Waals surface area (Å²) in [5.74, 6) is 0.384. The van der Waals surface area contributed by atoms with E-state index in [1.807, 2.05) is 53.1 Å². The summed E-state index contributed by atoms with van der Waals surface area (Å²) in [6.07, 6.45) is 3.33. The third-order valence-corrected chi connectivity index (χ3v) is 5.42. The summed E-state index contributed by atoms with van der Waals surface area (Å²) in [7, 11) is 4.01. The van der Waals surface area contributed by atoms with E-state index in [4.69, 9.17) is 0 Å². The molecule has 3 aliphatic rings. The zero-order valence-corrected chi connectivity index (χ0v) is 15.6. The van der Waals surface area contributed by atoms with Gasteiger partial charge in [0, 0.05) is 45.5 Å². The standard InChI is InChI=1S/C20H29N3O2/c1-4-11-23-18-10-7-16(20(23)25)13-22(14-18)19(24)12-15-5-8-17(9-6-15)21(2)3/h5-6,8-9,16,18H,4,7,10-14H2,1-3H3/t16-,18+/m1/s1. The number of amides is 2. The van der Waals surface area contributed by atoms with Crippen LogP contribution in [0.15, 0.2) is 24.3 Å². The average molecular weight is 343 g/mol. The second kappa shape index (κ2) is 7.46.